The topological polar surface area (TPSA) is 17.1 Å². The summed E-state index contributed by atoms with van der Waals surface area (Å²) >= 11 is 0. The molecule has 0 aromatic heterocycles. The summed E-state index contributed by atoms with van der Waals surface area (Å²) < 4.78 is 0. The van der Waals surface area contributed by atoms with Crippen LogP contribution in [0.3, 0.4) is 0 Å². The van der Waals surface area contributed by atoms with Crippen molar-refractivity contribution in [2.45, 2.75) is 26.7 Å². The second kappa shape index (κ2) is 4.48. The first kappa shape index (κ1) is 10.9. The Morgan fingerprint density at radius 3 is 2.44 bits per heavy atom. The minimum absolute atomic E-state index is 0.822. The number of rotatable bonds is 3. The van der Waals surface area contributed by atoms with E-state index in [1.165, 1.54) is 21.9 Å². The summed E-state index contributed by atoms with van der Waals surface area (Å²) in [5.41, 5.74) is 3.32. The fraction of sp³-hybridized carbons (Fsp3) is 0.267. The molecule has 0 saturated carbocycles. The Labute approximate surface area is 96.1 Å². The molecule has 0 fully saturated rings. The first-order valence-electron chi connectivity index (χ1n) is 5.79. The lowest BCUT2D eigenvalue weighted by molar-refractivity contribution is 0.112. The molecule has 0 aliphatic heterocycles. The molecule has 0 unspecified atom stereocenters. The fourth-order valence-corrected chi connectivity index (χ4v) is 2.17. The Balaban J connectivity index is 2.77. The van der Waals surface area contributed by atoms with Gasteiger partial charge in [-0.15, -0.1) is 0 Å². The molecule has 0 aliphatic rings. The van der Waals surface area contributed by atoms with Gasteiger partial charge >= 0.3 is 0 Å². The molecule has 0 aliphatic carbocycles. The number of aldehydes is 1. The molecule has 0 spiro atoms. The zero-order valence-corrected chi connectivity index (χ0v) is 9.79. The van der Waals surface area contributed by atoms with Crippen LogP contribution in [0.15, 0.2) is 30.3 Å². The van der Waals surface area contributed by atoms with E-state index in [1.54, 1.807) is 0 Å². The first-order chi connectivity index (χ1) is 7.80. The molecule has 0 heterocycles. The number of aryl methyl sites for hydroxylation is 2. The minimum atomic E-state index is 0.822. The van der Waals surface area contributed by atoms with Crippen LogP contribution >= 0.6 is 0 Å². The summed E-state index contributed by atoms with van der Waals surface area (Å²) in [6.07, 6.45) is 2.89. The highest BCUT2D eigenvalue weighted by Gasteiger charge is 2.05. The first-order valence-corrected chi connectivity index (χ1v) is 5.79. The Morgan fingerprint density at radius 1 is 1.06 bits per heavy atom. The number of hydrogen-bond donors (Lipinski definition) is 0. The predicted molar refractivity (Wildman–Crippen MR) is 68.1 cm³/mol. The van der Waals surface area contributed by atoms with Gasteiger partial charge in [0.05, 0.1) is 0 Å². The smallest absolute Gasteiger partial charge is 0.150 e. The third-order valence-electron chi connectivity index (χ3n) is 3.12. The van der Waals surface area contributed by atoms with E-state index in [4.69, 9.17) is 0 Å². The lowest BCUT2D eigenvalue weighted by Crippen LogP contribution is -1.93. The SMILES string of the molecule is CCc1ccc2ccc(C=O)c(CC)c2c1. The maximum Gasteiger partial charge on any atom is 0.150 e. The van der Waals surface area contributed by atoms with E-state index in [-0.39, 0.29) is 0 Å². The van der Waals surface area contributed by atoms with Gasteiger partial charge in [0.25, 0.3) is 0 Å². The monoisotopic (exact) mass is 212 g/mol. The lowest BCUT2D eigenvalue weighted by atomic mass is 9.96. The summed E-state index contributed by atoms with van der Waals surface area (Å²) in [5.74, 6) is 0. The number of benzene rings is 2. The van der Waals surface area contributed by atoms with Gasteiger partial charge in [0.2, 0.25) is 0 Å². The van der Waals surface area contributed by atoms with Crippen LogP contribution in [-0.4, -0.2) is 6.29 Å². The zero-order valence-electron chi connectivity index (χ0n) is 9.79. The molecule has 0 N–H and O–H groups in total. The minimum Gasteiger partial charge on any atom is -0.298 e. The lowest BCUT2D eigenvalue weighted by Gasteiger charge is -2.08. The normalized spacial score (nSPS) is 10.6. The van der Waals surface area contributed by atoms with Crippen molar-refractivity contribution in [2.75, 3.05) is 0 Å². The molecular weight excluding hydrogens is 196 g/mol. The quantitative estimate of drug-likeness (QED) is 0.708. The number of carbonyl (C=O) groups is 1. The predicted octanol–water partition coefficient (Wildman–Crippen LogP) is 3.78. The molecule has 0 radical (unpaired) electrons. The Kier molecular flexibility index (Phi) is 3.04. The van der Waals surface area contributed by atoms with Gasteiger partial charge in [0.1, 0.15) is 6.29 Å². The van der Waals surface area contributed by atoms with E-state index in [0.717, 1.165) is 24.7 Å². The molecule has 2 aromatic rings. The summed E-state index contributed by atoms with van der Waals surface area (Å²) in [6.45, 7) is 4.25. The third kappa shape index (κ3) is 1.73. The number of hydrogen-bond acceptors (Lipinski definition) is 1. The molecule has 2 aromatic carbocycles. The third-order valence-corrected chi connectivity index (χ3v) is 3.12. The van der Waals surface area contributed by atoms with Crippen molar-refractivity contribution in [3.8, 4) is 0 Å². The van der Waals surface area contributed by atoms with Crippen molar-refractivity contribution in [3.63, 3.8) is 0 Å². The maximum absolute atomic E-state index is 11.0. The van der Waals surface area contributed by atoms with Crippen molar-refractivity contribution in [3.05, 3.63) is 47.0 Å². The van der Waals surface area contributed by atoms with Crippen LogP contribution < -0.4 is 0 Å². The van der Waals surface area contributed by atoms with Gasteiger partial charge in [0, 0.05) is 5.56 Å². The van der Waals surface area contributed by atoms with Gasteiger partial charge in [-0.2, -0.15) is 0 Å². The van der Waals surface area contributed by atoms with Crippen LogP contribution in [0, 0.1) is 0 Å². The molecule has 0 atom stereocenters. The standard InChI is InChI=1S/C15H16O/c1-3-11-5-6-12-7-8-13(10-16)14(4-2)15(12)9-11/h5-10H,3-4H2,1-2H3. The molecule has 82 valence electrons. The fourth-order valence-electron chi connectivity index (χ4n) is 2.17. The van der Waals surface area contributed by atoms with Gasteiger partial charge < -0.3 is 0 Å². The van der Waals surface area contributed by atoms with Gasteiger partial charge in [-0.05, 0) is 34.7 Å². The largest absolute Gasteiger partial charge is 0.298 e. The average molecular weight is 212 g/mol. The zero-order chi connectivity index (χ0) is 11.5. The van der Waals surface area contributed by atoms with Crippen LogP contribution in [0.4, 0.5) is 0 Å². The van der Waals surface area contributed by atoms with Crippen molar-refractivity contribution in [1.82, 2.24) is 0 Å². The van der Waals surface area contributed by atoms with E-state index < -0.39 is 0 Å². The van der Waals surface area contributed by atoms with Crippen LogP contribution in [0.2, 0.25) is 0 Å². The molecular formula is C15H16O. The van der Waals surface area contributed by atoms with Crippen molar-refractivity contribution < 1.29 is 4.79 Å². The van der Waals surface area contributed by atoms with Gasteiger partial charge in [-0.3, -0.25) is 4.79 Å². The molecule has 0 saturated heterocycles. The molecule has 0 bridgehead atoms. The summed E-state index contributed by atoms with van der Waals surface area (Å²) in [4.78, 5) is 11.0. The second-order valence-electron chi connectivity index (χ2n) is 4.01. The van der Waals surface area contributed by atoms with Crippen molar-refractivity contribution in [2.24, 2.45) is 0 Å². The molecule has 1 heteroatoms. The van der Waals surface area contributed by atoms with Crippen molar-refractivity contribution >= 4 is 17.1 Å². The van der Waals surface area contributed by atoms with Gasteiger partial charge in [-0.1, -0.05) is 44.2 Å². The van der Waals surface area contributed by atoms with Crippen LogP contribution in [0.1, 0.15) is 35.3 Å². The number of fused-ring (bicyclic) bond motifs is 1. The average Bonchev–Trinajstić information content (AvgIpc) is 2.36. The molecule has 1 nitrogen and oxygen atoms in total. The molecule has 2 rings (SSSR count). The van der Waals surface area contributed by atoms with E-state index in [0.29, 0.717) is 0 Å². The van der Waals surface area contributed by atoms with Crippen LogP contribution in [0.25, 0.3) is 10.8 Å². The highest BCUT2D eigenvalue weighted by atomic mass is 16.1. The Morgan fingerprint density at radius 2 is 1.81 bits per heavy atom. The number of carbonyl (C=O) groups excluding carboxylic acids is 1. The van der Waals surface area contributed by atoms with E-state index in [9.17, 15) is 4.79 Å². The van der Waals surface area contributed by atoms with Crippen LogP contribution in [0.5, 0.6) is 0 Å². The highest BCUT2D eigenvalue weighted by Crippen LogP contribution is 2.23. The summed E-state index contributed by atoms with van der Waals surface area (Å²) in [7, 11) is 0. The highest BCUT2D eigenvalue weighted by molar-refractivity contribution is 5.93. The van der Waals surface area contributed by atoms with Crippen LogP contribution in [-0.2, 0) is 12.8 Å². The van der Waals surface area contributed by atoms with E-state index >= 15 is 0 Å². The molecule has 16 heavy (non-hydrogen) atoms. The van der Waals surface area contributed by atoms with Crippen molar-refractivity contribution in [1.29, 1.82) is 0 Å². The summed E-state index contributed by atoms with van der Waals surface area (Å²) in [6, 6.07) is 10.4. The van der Waals surface area contributed by atoms with Gasteiger partial charge in [0.15, 0.2) is 0 Å². The molecule has 0 amide bonds. The summed E-state index contributed by atoms with van der Waals surface area (Å²) in [5, 5.41) is 2.45. The Bertz CT molecular complexity index is 526. The van der Waals surface area contributed by atoms with E-state index in [1.807, 2.05) is 12.1 Å². The Hall–Kier alpha value is -1.63. The second-order valence-corrected chi connectivity index (χ2v) is 4.01. The maximum atomic E-state index is 11.0. The van der Waals surface area contributed by atoms with Gasteiger partial charge in [-0.25, -0.2) is 0 Å². The van der Waals surface area contributed by atoms with E-state index in [2.05, 4.69) is 32.0 Å².